The van der Waals surface area contributed by atoms with E-state index in [9.17, 15) is 4.79 Å². The summed E-state index contributed by atoms with van der Waals surface area (Å²) in [5, 5.41) is 0. The van der Waals surface area contributed by atoms with Gasteiger partial charge in [0.25, 0.3) is 0 Å². The monoisotopic (exact) mass is 561 g/mol. The van der Waals surface area contributed by atoms with Crippen molar-refractivity contribution in [3.05, 3.63) is 0 Å². The number of halogens is 1. The molecule has 0 N–H and O–H groups in total. The number of unbranched alkanes of at least 4 members (excludes halogenated alkanes) is 19. The molecule has 0 rings (SSSR count). The summed E-state index contributed by atoms with van der Waals surface area (Å²) in [4.78, 5) is 12.8. The molecule has 0 fully saturated rings. The van der Waals surface area contributed by atoms with Crippen LogP contribution in [-0.4, -0.2) is 43.1 Å². The molecule has 0 bridgehead atoms. The summed E-state index contributed by atoms with van der Waals surface area (Å²) >= 11 is 0. The molecular formula is C33H68ClNO3. The largest absolute Gasteiger partial charge is 1.00 e. The first kappa shape index (κ1) is 39.8. The van der Waals surface area contributed by atoms with Gasteiger partial charge in [0.05, 0.1) is 33.7 Å². The fourth-order valence-corrected chi connectivity index (χ4v) is 5.14. The van der Waals surface area contributed by atoms with Gasteiger partial charge in [-0.05, 0) is 26.7 Å². The van der Waals surface area contributed by atoms with Gasteiger partial charge in [0.2, 0.25) is 0 Å². The van der Waals surface area contributed by atoms with Crippen LogP contribution in [0.2, 0.25) is 0 Å². The zero-order chi connectivity index (χ0) is 27.7. The van der Waals surface area contributed by atoms with E-state index >= 15 is 0 Å². The van der Waals surface area contributed by atoms with Crippen molar-refractivity contribution in [3.8, 4) is 0 Å². The summed E-state index contributed by atoms with van der Waals surface area (Å²) in [6.07, 6.45) is 27.7. The van der Waals surface area contributed by atoms with E-state index in [0.717, 1.165) is 32.4 Å². The molecule has 0 heterocycles. The second-order valence-electron chi connectivity index (χ2n) is 11.7. The van der Waals surface area contributed by atoms with Crippen LogP contribution in [-0.2, 0) is 14.3 Å². The number of hydrogen-bond donors (Lipinski definition) is 0. The van der Waals surface area contributed by atoms with E-state index in [-0.39, 0.29) is 18.4 Å². The molecule has 0 aliphatic heterocycles. The Kier molecular flexibility index (Phi) is 28.2. The fourth-order valence-electron chi connectivity index (χ4n) is 5.14. The first-order valence-electron chi connectivity index (χ1n) is 16.6. The Labute approximate surface area is 245 Å². The average Bonchev–Trinajstić information content (AvgIpc) is 2.89. The van der Waals surface area contributed by atoms with Gasteiger partial charge < -0.3 is 17.1 Å². The van der Waals surface area contributed by atoms with Gasteiger partial charge >= 0.3 is 11.9 Å². The second kappa shape index (κ2) is 26.9. The minimum absolute atomic E-state index is 0. The molecule has 0 spiro atoms. The Hall–Kier alpha value is -0.320. The average molecular weight is 562 g/mol. The van der Waals surface area contributed by atoms with Gasteiger partial charge in [-0.2, -0.15) is 0 Å². The van der Waals surface area contributed by atoms with Crippen molar-refractivity contribution in [1.82, 2.24) is 0 Å². The van der Waals surface area contributed by atoms with Gasteiger partial charge in [-0.15, -0.1) is 0 Å². The molecule has 230 valence electrons. The minimum Gasteiger partial charge on any atom is -1.00 e. The smallest absolute Gasteiger partial charge is 0.360 e. The fraction of sp³-hybridized carbons (Fsp3) is 0.970. The van der Waals surface area contributed by atoms with Gasteiger partial charge in [0, 0.05) is 6.42 Å². The van der Waals surface area contributed by atoms with Crippen molar-refractivity contribution in [2.45, 2.75) is 182 Å². The number of carbonyl (C=O) groups is 1. The SMILES string of the molecule is CCCCCCCCCCCCCCOC(C)(OC(=O)CCCCCCCCCCC)[N+](C)(CC)CC.[Cl-]. The predicted octanol–water partition coefficient (Wildman–Crippen LogP) is 7.33. The Morgan fingerprint density at radius 2 is 0.921 bits per heavy atom. The summed E-state index contributed by atoms with van der Waals surface area (Å²) in [7, 11) is 2.15. The molecule has 0 radical (unpaired) electrons. The van der Waals surface area contributed by atoms with Crippen molar-refractivity contribution < 1.29 is 31.2 Å². The van der Waals surface area contributed by atoms with Crippen molar-refractivity contribution in [1.29, 1.82) is 0 Å². The maximum Gasteiger partial charge on any atom is 0.360 e. The van der Waals surface area contributed by atoms with Crippen LogP contribution in [0.1, 0.15) is 176 Å². The molecular weight excluding hydrogens is 494 g/mol. The van der Waals surface area contributed by atoms with Crippen LogP contribution in [0.5, 0.6) is 0 Å². The van der Waals surface area contributed by atoms with Crippen LogP contribution in [0.15, 0.2) is 0 Å². The van der Waals surface area contributed by atoms with Crippen molar-refractivity contribution >= 4 is 5.97 Å². The first-order chi connectivity index (χ1) is 17.9. The van der Waals surface area contributed by atoms with E-state index in [1.54, 1.807) is 0 Å². The van der Waals surface area contributed by atoms with Crippen LogP contribution < -0.4 is 12.4 Å². The molecule has 0 aliphatic carbocycles. The lowest BCUT2D eigenvalue weighted by molar-refractivity contribution is -1.00. The molecule has 0 aromatic carbocycles. The Morgan fingerprint density at radius 1 is 0.579 bits per heavy atom. The maximum atomic E-state index is 12.8. The van der Waals surface area contributed by atoms with Gasteiger partial charge in [-0.25, -0.2) is 0 Å². The molecule has 0 saturated heterocycles. The summed E-state index contributed by atoms with van der Waals surface area (Å²) in [5.74, 6) is -1.01. The van der Waals surface area contributed by atoms with Crippen LogP contribution in [0.25, 0.3) is 0 Å². The molecule has 0 amide bonds. The predicted molar refractivity (Wildman–Crippen MR) is 161 cm³/mol. The molecule has 1 atom stereocenters. The standard InChI is InChI=1S/C33H68NO3.ClH/c1-7-11-13-15-17-19-20-21-23-25-27-29-31-36-33(5,34(6,9-3)10-4)37-32(35)30-28-26-24-22-18-16-14-12-8-2;/h7-31H2,1-6H3;1H/q+1;/p-1. The lowest BCUT2D eigenvalue weighted by Crippen LogP contribution is -3.00. The summed E-state index contributed by atoms with van der Waals surface area (Å²) in [6, 6.07) is 0. The number of nitrogens with zero attached hydrogens (tertiary/aromatic N) is 1. The summed E-state index contributed by atoms with van der Waals surface area (Å²) in [5.41, 5.74) is 0. The van der Waals surface area contributed by atoms with Crippen molar-refractivity contribution in [3.63, 3.8) is 0 Å². The van der Waals surface area contributed by atoms with E-state index in [0.29, 0.717) is 17.5 Å². The molecule has 0 aromatic heterocycles. The minimum atomic E-state index is -0.905. The number of hydrogen-bond acceptors (Lipinski definition) is 3. The lowest BCUT2D eigenvalue weighted by atomic mass is 10.1. The Balaban J connectivity index is 0. The van der Waals surface area contributed by atoms with Crippen LogP contribution in [0.4, 0.5) is 0 Å². The zero-order valence-corrected chi connectivity index (χ0v) is 27.5. The molecule has 0 aromatic rings. The van der Waals surface area contributed by atoms with E-state index in [1.165, 1.54) is 116 Å². The number of esters is 1. The lowest BCUT2D eigenvalue weighted by Gasteiger charge is -2.45. The van der Waals surface area contributed by atoms with E-state index < -0.39 is 5.91 Å². The van der Waals surface area contributed by atoms with E-state index in [4.69, 9.17) is 9.47 Å². The highest BCUT2D eigenvalue weighted by atomic mass is 35.5. The Bertz CT molecular complexity index is 512. The third-order valence-corrected chi connectivity index (χ3v) is 8.53. The van der Waals surface area contributed by atoms with Gasteiger partial charge in [-0.1, -0.05) is 136 Å². The third-order valence-electron chi connectivity index (χ3n) is 8.53. The number of rotatable bonds is 28. The summed E-state index contributed by atoms with van der Waals surface area (Å²) < 4.78 is 13.0. The van der Waals surface area contributed by atoms with Gasteiger partial charge in [-0.3, -0.25) is 14.0 Å². The number of ether oxygens (including phenoxy) is 2. The number of carbonyl (C=O) groups excluding carboxylic acids is 1. The second-order valence-corrected chi connectivity index (χ2v) is 11.7. The quantitative estimate of drug-likeness (QED) is 0.0434. The van der Waals surface area contributed by atoms with Crippen LogP contribution in [0.3, 0.4) is 0 Å². The molecule has 1 unspecified atom stereocenters. The van der Waals surface area contributed by atoms with Crippen molar-refractivity contribution in [2.75, 3.05) is 26.7 Å². The van der Waals surface area contributed by atoms with E-state index in [1.807, 2.05) is 6.92 Å². The van der Waals surface area contributed by atoms with E-state index in [2.05, 4.69) is 34.7 Å². The third kappa shape index (κ3) is 19.7. The van der Waals surface area contributed by atoms with Gasteiger partial charge in [0.15, 0.2) is 0 Å². The number of quaternary nitrogens is 1. The Morgan fingerprint density at radius 3 is 1.29 bits per heavy atom. The molecule has 38 heavy (non-hydrogen) atoms. The van der Waals surface area contributed by atoms with Gasteiger partial charge in [0.1, 0.15) is 0 Å². The molecule has 0 aliphatic rings. The van der Waals surface area contributed by atoms with Crippen LogP contribution in [0, 0.1) is 0 Å². The summed E-state index contributed by atoms with van der Waals surface area (Å²) in [6.45, 7) is 13.2. The molecule has 4 nitrogen and oxygen atoms in total. The highest BCUT2D eigenvalue weighted by Crippen LogP contribution is 2.27. The molecule has 0 saturated carbocycles. The van der Waals surface area contributed by atoms with Crippen molar-refractivity contribution in [2.24, 2.45) is 0 Å². The molecule has 5 heteroatoms. The first-order valence-corrected chi connectivity index (χ1v) is 16.6. The maximum absolute atomic E-state index is 12.8. The zero-order valence-electron chi connectivity index (χ0n) is 26.7. The normalized spacial score (nSPS) is 13.2. The highest BCUT2D eigenvalue weighted by Gasteiger charge is 2.47. The van der Waals surface area contributed by atoms with Crippen LogP contribution >= 0.6 is 0 Å². The topological polar surface area (TPSA) is 35.5 Å². The highest BCUT2D eigenvalue weighted by molar-refractivity contribution is 5.69.